The van der Waals surface area contributed by atoms with Gasteiger partial charge < -0.3 is 9.73 Å². The summed E-state index contributed by atoms with van der Waals surface area (Å²) < 4.78 is 41.1. The molecular formula is C12H12FNO3S. The molecule has 0 aliphatic rings. The monoisotopic (exact) mass is 269 g/mol. The molecule has 1 aromatic heterocycles. The van der Waals surface area contributed by atoms with E-state index in [0.717, 1.165) is 17.9 Å². The molecule has 0 bridgehead atoms. The average Bonchev–Trinajstić information content (AvgIpc) is 2.79. The molecule has 96 valence electrons. The maximum absolute atomic E-state index is 13.5. The summed E-state index contributed by atoms with van der Waals surface area (Å²) in [6.45, 7) is 0.362. The molecule has 2 rings (SSSR count). The van der Waals surface area contributed by atoms with Crippen molar-refractivity contribution in [2.24, 2.45) is 0 Å². The van der Waals surface area contributed by atoms with Crippen molar-refractivity contribution in [2.45, 2.75) is 11.4 Å². The van der Waals surface area contributed by atoms with Crippen molar-refractivity contribution >= 4 is 15.5 Å². The van der Waals surface area contributed by atoms with Crippen LogP contribution in [0.1, 0.15) is 5.56 Å². The number of hydrogen-bond donors (Lipinski definition) is 1. The molecule has 0 fully saturated rings. The third-order valence-electron chi connectivity index (χ3n) is 2.43. The van der Waals surface area contributed by atoms with Crippen LogP contribution in [0, 0.1) is 5.82 Å². The van der Waals surface area contributed by atoms with Crippen molar-refractivity contribution < 1.29 is 17.2 Å². The second-order valence-electron chi connectivity index (χ2n) is 3.90. The van der Waals surface area contributed by atoms with Crippen LogP contribution < -0.4 is 5.32 Å². The highest BCUT2D eigenvalue weighted by Gasteiger charge is 2.10. The summed E-state index contributed by atoms with van der Waals surface area (Å²) in [7, 11) is -3.34. The summed E-state index contributed by atoms with van der Waals surface area (Å²) in [5.41, 5.74) is 0.998. The first-order valence-electron chi connectivity index (χ1n) is 5.21. The first-order valence-corrected chi connectivity index (χ1v) is 7.10. The van der Waals surface area contributed by atoms with E-state index in [2.05, 4.69) is 5.32 Å². The summed E-state index contributed by atoms with van der Waals surface area (Å²) >= 11 is 0. The Labute approximate surface area is 104 Å². The Bertz CT molecular complexity index is 635. The van der Waals surface area contributed by atoms with Gasteiger partial charge in [0.05, 0.1) is 23.1 Å². The fourth-order valence-corrected chi connectivity index (χ4v) is 2.11. The summed E-state index contributed by atoms with van der Waals surface area (Å²) in [5, 5.41) is 2.83. The van der Waals surface area contributed by atoms with E-state index in [1.165, 1.54) is 24.7 Å². The smallest absolute Gasteiger partial charge is 0.175 e. The number of hydrogen-bond acceptors (Lipinski definition) is 4. The molecule has 4 nitrogen and oxygen atoms in total. The lowest BCUT2D eigenvalue weighted by Gasteiger charge is -2.08. The molecular weight excluding hydrogens is 257 g/mol. The van der Waals surface area contributed by atoms with Crippen molar-refractivity contribution in [3.05, 3.63) is 48.2 Å². The van der Waals surface area contributed by atoms with Crippen molar-refractivity contribution in [3.8, 4) is 0 Å². The minimum atomic E-state index is -3.34. The molecule has 0 atom stereocenters. The zero-order valence-corrected chi connectivity index (χ0v) is 10.5. The molecule has 0 radical (unpaired) electrons. The molecule has 2 aromatic rings. The molecule has 1 heterocycles. The lowest BCUT2D eigenvalue weighted by Crippen LogP contribution is -2.03. The Kier molecular flexibility index (Phi) is 3.38. The fourth-order valence-electron chi connectivity index (χ4n) is 1.46. The van der Waals surface area contributed by atoms with E-state index in [4.69, 9.17) is 4.42 Å². The van der Waals surface area contributed by atoms with Crippen molar-refractivity contribution in [1.82, 2.24) is 0 Å². The van der Waals surface area contributed by atoms with Gasteiger partial charge in [0.2, 0.25) is 0 Å². The van der Waals surface area contributed by atoms with Crippen LogP contribution in [0.4, 0.5) is 10.1 Å². The predicted octanol–water partition coefficient (Wildman–Crippen LogP) is 2.43. The molecule has 1 aromatic carbocycles. The molecule has 0 amide bonds. The number of sulfone groups is 1. The second-order valence-corrected chi connectivity index (χ2v) is 5.91. The van der Waals surface area contributed by atoms with Gasteiger partial charge in [-0.2, -0.15) is 0 Å². The Hall–Kier alpha value is -1.82. The number of benzene rings is 1. The van der Waals surface area contributed by atoms with Gasteiger partial charge in [0.1, 0.15) is 5.82 Å². The van der Waals surface area contributed by atoms with Crippen LogP contribution >= 0.6 is 0 Å². The minimum Gasteiger partial charge on any atom is -0.472 e. The lowest BCUT2D eigenvalue weighted by molar-refractivity contribution is 0.564. The van der Waals surface area contributed by atoms with Gasteiger partial charge in [0.15, 0.2) is 9.84 Å². The molecule has 0 aliphatic carbocycles. The SMILES string of the molecule is CS(=O)(=O)c1ccc(F)c(NCc2ccoc2)c1. The highest BCUT2D eigenvalue weighted by molar-refractivity contribution is 7.90. The van der Waals surface area contributed by atoms with Crippen LogP contribution in [0.5, 0.6) is 0 Å². The van der Waals surface area contributed by atoms with E-state index in [0.29, 0.717) is 6.54 Å². The van der Waals surface area contributed by atoms with Crippen LogP contribution in [0.15, 0.2) is 46.1 Å². The first kappa shape index (κ1) is 12.6. The molecule has 0 saturated heterocycles. The summed E-state index contributed by atoms with van der Waals surface area (Å²) in [6, 6.07) is 5.40. The minimum absolute atomic E-state index is 0.0820. The molecule has 6 heteroatoms. The van der Waals surface area contributed by atoms with Crippen LogP contribution in [0.2, 0.25) is 0 Å². The standard InChI is InChI=1S/C12H12FNO3S/c1-18(15,16)10-2-3-11(13)12(6-10)14-7-9-4-5-17-8-9/h2-6,8,14H,7H2,1H3. The summed E-state index contributed by atoms with van der Waals surface area (Å²) in [5.74, 6) is -0.495. The van der Waals surface area contributed by atoms with Crippen molar-refractivity contribution in [1.29, 1.82) is 0 Å². The Morgan fingerprint density at radius 1 is 1.33 bits per heavy atom. The second kappa shape index (κ2) is 4.81. The predicted molar refractivity (Wildman–Crippen MR) is 65.5 cm³/mol. The maximum atomic E-state index is 13.5. The van der Waals surface area contributed by atoms with Gasteiger partial charge in [-0.05, 0) is 24.3 Å². The Morgan fingerprint density at radius 2 is 2.11 bits per heavy atom. The van der Waals surface area contributed by atoms with E-state index in [-0.39, 0.29) is 10.6 Å². The number of rotatable bonds is 4. The largest absolute Gasteiger partial charge is 0.472 e. The van der Waals surface area contributed by atoms with Gasteiger partial charge in [0.25, 0.3) is 0 Å². The maximum Gasteiger partial charge on any atom is 0.175 e. The van der Waals surface area contributed by atoms with E-state index < -0.39 is 15.7 Å². The zero-order valence-electron chi connectivity index (χ0n) is 9.68. The molecule has 0 saturated carbocycles. The third kappa shape index (κ3) is 2.89. The molecule has 0 spiro atoms. The van der Waals surface area contributed by atoms with E-state index in [1.54, 1.807) is 6.07 Å². The third-order valence-corrected chi connectivity index (χ3v) is 3.54. The van der Waals surface area contributed by atoms with Crippen LogP contribution in [0.25, 0.3) is 0 Å². The Morgan fingerprint density at radius 3 is 2.72 bits per heavy atom. The van der Waals surface area contributed by atoms with Gasteiger partial charge in [-0.15, -0.1) is 0 Å². The first-order chi connectivity index (χ1) is 8.47. The lowest BCUT2D eigenvalue weighted by atomic mass is 10.3. The average molecular weight is 269 g/mol. The normalized spacial score (nSPS) is 11.4. The van der Waals surface area contributed by atoms with Gasteiger partial charge >= 0.3 is 0 Å². The number of nitrogens with one attached hydrogen (secondary N) is 1. The van der Waals surface area contributed by atoms with Crippen LogP contribution in [-0.4, -0.2) is 14.7 Å². The number of furan rings is 1. The van der Waals surface area contributed by atoms with E-state index in [1.807, 2.05) is 0 Å². The fraction of sp³-hybridized carbons (Fsp3) is 0.167. The topological polar surface area (TPSA) is 59.3 Å². The quantitative estimate of drug-likeness (QED) is 0.866. The van der Waals surface area contributed by atoms with Crippen LogP contribution in [-0.2, 0) is 16.4 Å². The molecule has 0 aliphatic heterocycles. The van der Waals surface area contributed by atoms with E-state index in [9.17, 15) is 12.8 Å². The van der Waals surface area contributed by atoms with Crippen molar-refractivity contribution in [3.63, 3.8) is 0 Å². The zero-order chi connectivity index (χ0) is 13.2. The van der Waals surface area contributed by atoms with Gasteiger partial charge in [0, 0.05) is 18.4 Å². The van der Waals surface area contributed by atoms with Crippen molar-refractivity contribution in [2.75, 3.05) is 11.6 Å². The van der Waals surface area contributed by atoms with Gasteiger partial charge in [-0.1, -0.05) is 0 Å². The van der Waals surface area contributed by atoms with Crippen LogP contribution in [0.3, 0.4) is 0 Å². The molecule has 0 unspecified atom stereocenters. The number of halogens is 1. The highest BCUT2D eigenvalue weighted by atomic mass is 32.2. The summed E-state index contributed by atoms with van der Waals surface area (Å²) in [6.07, 6.45) is 4.13. The van der Waals surface area contributed by atoms with E-state index >= 15 is 0 Å². The Balaban J connectivity index is 2.22. The highest BCUT2D eigenvalue weighted by Crippen LogP contribution is 2.20. The summed E-state index contributed by atoms with van der Waals surface area (Å²) in [4.78, 5) is 0.0820. The van der Waals surface area contributed by atoms with Gasteiger partial charge in [-0.25, -0.2) is 12.8 Å². The number of anilines is 1. The molecule has 18 heavy (non-hydrogen) atoms. The van der Waals surface area contributed by atoms with Gasteiger partial charge in [-0.3, -0.25) is 0 Å². The molecule has 1 N–H and O–H groups in total.